The first-order chi connectivity index (χ1) is 10.9. The first-order valence-electron chi connectivity index (χ1n) is 7.81. The zero-order valence-corrected chi connectivity index (χ0v) is 14.3. The topological polar surface area (TPSA) is 103 Å². The summed E-state index contributed by atoms with van der Waals surface area (Å²) in [5, 5.41) is 3.75. The highest BCUT2D eigenvalue weighted by Crippen LogP contribution is 2.10. The van der Waals surface area contributed by atoms with Gasteiger partial charge in [-0.25, -0.2) is 8.42 Å². The Labute approximate surface area is 136 Å². The van der Waals surface area contributed by atoms with Crippen molar-refractivity contribution < 1.29 is 22.5 Å². The van der Waals surface area contributed by atoms with E-state index in [0.29, 0.717) is 31.9 Å². The molecule has 1 aliphatic rings. The van der Waals surface area contributed by atoms with Gasteiger partial charge < -0.3 is 14.2 Å². The zero-order valence-electron chi connectivity index (χ0n) is 13.5. The second-order valence-corrected chi connectivity index (χ2v) is 7.83. The molecule has 1 unspecified atom stereocenters. The van der Waals surface area contributed by atoms with E-state index in [4.69, 9.17) is 9.26 Å². The lowest BCUT2D eigenvalue weighted by atomic mass is 10.2. The van der Waals surface area contributed by atoms with Gasteiger partial charge >= 0.3 is 0 Å². The van der Waals surface area contributed by atoms with Crippen LogP contribution in [0.4, 0.5) is 0 Å². The molecule has 1 aromatic rings. The molecule has 8 nitrogen and oxygen atoms in total. The molecule has 1 amide bonds. The standard InChI is InChI=1S/C14H23N3O5S/c1-3-4-5-12-15-13(22-16-12)9-23(19,20)10-14(18)17-6-7-21-11(2)8-17/h11H,3-10H2,1-2H3. The van der Waals surface area contributed by atoms with Crippen LogP contribution in [0.25, 0.3) is 0 Å². The van der Waals surface area contributed by atoms with E-state index < -0.39 is 27.3 Å². The summed E-state index contributed by atoms with van der Waals surface area (Å²) in [6.45, 7) is 5.15. The van der Waals surface area contributed by atoms with Crippen LogP contribution in [0.3, 0.4) is 0 Å². The summed E-state index contributed by atoms with van der Waals surface area (Å²) < 4.78 is 34.6. The highest BCUT2D eigenvalue weighted by atomic mass is 32.2. The lowest BCUT2D eigenvalue weighted by molar-refractivity contribution is -0.135. The molecule has 2 heterocycles. The van der Waals surface area contributed by atoms with E-state index in [2.05, 4.69) is 10.1 Å². The van der Waals surface area contributed by atoms with Crippen molar-refractivity contribution >= 4 is 15.7 Å². The van der Waals surface area contributed by atoms with Crippen LogP contribution >= 0.6 is 0 Å². The van der Waals surface area contributed by atoms with Crippen molar-refractivity contribution in [3.05, 3.63) is 11.7 Å². The number of carbonyl (C=O) groups is 1. The molecule has 1 saturated heterocycles. The average molecular weight is 345 g/mol. The van der Waals surface area contributed by atoms with Crippen molar-refractivity contribution in [3.8, 4) is 0 Å². The Morgan fingerprint density at radius 1 is 1.43 bits per heavy atom. The van der Waals surface area contributed by atoms with Gasteiger partial charge in [-0.05, 0) is 13.3 Å². The normalized spacial score (nSPS) is 19.0. The average Bonchev–Trinajstić information content (AvgIpc) is 2.91. The molecule has 0 aliphatic carbocycles. The molecule has 1 fully saturated rings. The van der Waals surface area contributed by atoms with Crippen molar-refractivity contribution in [1.82, 2.24) is 15.0 Å². The van der Waals surface area contributed by atoms with Crippen LogP contribution in [-0.2, 0) is 31.5 Å². The maximum Gasteiger partial charge on any atom is 0.241 e. The number of sulfone groups is 1. The molecule has 2 rings (SSSR count). The summed E-state index contributed by atoms with van der Waals surface area (Å²) >= 11 is 0. The minimum Gasteiger partial charge on any atom is -0.375 e. The third-order valence-corrected chi connectivity index (χ3v) is 4.92. The molecule has 23 heavy (non-hydrogen) atoms. The zero-order chi connectivity index (χ0) is 16.9. The fourth-order valence-electron chi connectivity index (χ4n) is 2.35. The molecule has 9 heteroatoms. The Kier molecular flexibility index (Phi) is 6.11. The Morgan fingerprint density at radius 2 is 2.22 bits per heavy atom. The van der Waals surface area contributed by atoms with E-state index in [9.17, 15) is 13.2 Å². The number of nitrogens with zero attached hydrogens (tertiary/aromatic N) is 3. The number of aryl methyl sites for hydroxylation is 1. The summed E-state index contributed by atoms with van der Waals surface area (Å²) in [6.07, 6.45) is 2.49. The Morgan fingerprint density at radius 3 is 2.91 bits per heavy atom. The van der Waals surface area contributed by atoms with Gasteiger partial charge in [0.15, 0.2) is 15.7 Å². The van der Waals surface area contributed by atoms with Gasteiger partial charge in [0, 0.05) is 19.5 Å². The predicted molar refractivity (Wildman–Crippen MR) is 82.4 cm³/mol. The van der Waals surface area contributed by atoms with Gasteiger partial charge in [0.05, 0.1) is 12.7 Å². The Balaban J connectivity index is 1.90. The highest BCUT2D eigenvalue weighted by Gasteiger charge is 2.27. The predicted octanol–water partition coefficient (Wildman–Crippen LogP) is 0.574. The quantitative estimate of drug-likeness (QED) is 0.712. The van der Waals surface area contributed by atoms with Gasteiger partial charge in [-0.15, -0.1) is 0 Å². The number of aromatic nitrogens is 2. The first-order valence-corrected chi connectivity index (χ1v) is 9.63. The third kappa shape index (κ3) is 5.58. The van der Waals surface area contributed by atoms with Crippen LogP contribution in [0.15, 0.2) is 4.52 Å². The fraction of sp³-hybridized carbons (Fsp3) is 0.786. The second-order valence-electron chi connectivity index (χ2n) is 5.76. The summed E-state index contributed by atoms with van der Waals surface area (Å²) in [4.78, 5) is 17.7. The number of hydrogen-bond donors (Lipinski definition) is 0. The molecule has 0 spiro atoms. The second kappa shape index (κ2) is 7.87. The maximum absolute atomic E-state index is 12.2. The summed E-state index contributed by atoms with van der Waals surface area (Å²) in [5.41, 5.74) is 0. The number of rotatable bonds is 7. The van der Waals surface area contributed by atoms with Crippen LogP contribution < -0.4 is 0 Å². The van der Waals surface area contributed by atoms with Gasteiger partial charge in [-0.3, -0.25) is 4.79 Å². The lowest BCUT2D eigenvalue weighted by Gasteiger charge is -2.31. The Hall–Kier alpha value is -1.48. The SMILES string of the molecule is CCCCc1noc(CS(=O)(=O)CC(=O)N2CCOC(C)C2)n1. The Bertz CT molecular complexity index is 628. The molecule has 0 saturated carbocycles. The molecular weight excluding hydrogens is 322 g/mol. The summed E-state index contributed by atoms with van der Waals surface area (Å²) in [5.74, 6) is -0.819. The van der Waals surface area contributed by atoms with Crippen LogP contribution in [0.1, 0.15) is 38.4 Å². The monoisotopic (exact) mass is 345 g/mol. The van der Waals surface area contributed by atoms with E-state index in [-0.39, 0.29) is 12.0 Å². The molecular formula is C14H23N3O5S. The van der Waals surface area contributed by atoms with Crippen molar-refractivity contribution in [1.29, 1.82) is 0 Å². The molecule has 0 N–H and O–H groups in total. The fourth-order valence-corrected chi connectivity index (χ4v) is 3.50. The van der Waals surface area contributed by atoms with Crippen molar-refractivity contribution in [2.24, 2.45) is 0 Å². The minimum atomic E-state index is -3.64. The van der Waals surface area contributed by atoms with Crippen LogP contribution in [0.5, 0.6) is 0 Å². The third-order valence-electron chi connectivity index (χ3n) is 3.54. The van der Waals surface area contributed by atoms with Crippen molar-refractivity contribution in [2.75, 3.05) is 25.4 Å². The smallest absolute Gasteiger partial charge is 0.241 e. The van der Waals surface area contributed by atoms with Crippen molar-refractivity contribution in [2.45, 2.75) is 45.0 Å². The van der Waals surface area contributed by atoms with Crippen LogP contribution in [0, 0.1) is 0 Å². The lowest BCUT2D eigenvalue weighted by Crippen LogP contribution is -2.46. The van der Waals surface area contributed by atoms with E-state index in [1.165, 1.54) is 4.90 Å². The van der Waals surface area contributed by atoms with E-state index in [0.717, 1.165) is 12.8 Å². The summed E-state index contributed by atoms with van der Waals surface area (Å²) in [7, 11) is -3.64. The van der Waals surface area contributed by atoms with E-state index in [1.54, 1.807) is 0 Å². The molecule has 0 radical (unpaired) electrons. The van der Waals surface area contributed by atoms with Gasteiger partial charge in [0.2, 0.25) is 11.8 Å². The van der Waals surface area contributed by atoms with Gasteiger partial charge in [-0.2, -0.15) is 4.98 Å². The van der Waals surface area contributed by atoms with Gasteiger partial charge in [0.25, 0.3) is 0 Å². The van der Waals surface area contributed by atoms with Crippen molar-refractivity contribution in [3.63, 3.8) is 0 Å². The van der Waals surface area contributed by atoms with Gasteiger partial charge in [-0.1, -0.05) is 18.5 Å². The van der Waals surface area contributed by atoms with Gasteiger partial charge in [0.1, 0.15) is 11.5 Å². The minimum absolute atomic E-state index is 0.0410. The van der Waals surface area contributed by atoms with E-state index >= 15 is 0 Å². The molecule has 0 bridgehead atoms. The first kappa shape index (κ1) is 17.9. The van der Waals surface area contributed by atoms with Crippen LogP contribution in [0.2, 0.25) is 0 Å². The number of amides is 1. The molecule has 130 valence electrons. The number of morpholine rings is 1. The number of hydrogen-bond acceptors (Lipinski definition) is 7. The highest BCUT2D eigenvalue weighted by molar-refractivity contribution is 7.91. The number of ether oxygens (including phenoxy) is 1. The van der Waals surface area contributed by atoms with E-state index in [1.807, 2.05) is 13.8 Å². The molecule has 1 aromatic heterocycles. The maximum atomic E-state index is 12.2. The number of unbranched alkanes of at least 4 members (excludes halogenated alkanes) is 1. The largest absolute Gasteiger partial charge is 0.375 e. The molecule has 1 aliphatic heterocycles. The molecule has 1 atom stereocenters. The number of carbonyl (C=O) groups excluding carboxylic acids is 1. The molecule has 0 aromatic carbocycles. The van der Waals surface area contributed by atoms with Crippen LogP contribution in [-0.4, -0.2) is 60.9 Å². The summed E-state index contributed by atoms with van der Waals surface area (Å²) in [6, 6.07) is 0.